The molecule has 20 heavy (non-hydrogen) atoms. The Morgan fingerprint density at radius 1 is 1.15 bits per heavy atom. The van der Waals surface area contributed by atoms with E-state index >= 15 is 0 Å². The highest BCUT2D eigenvalue weighted by Crippen LogP contribution is 2.00. The Hall–Kier alpha value is -2.43. The molecule has 5 heteroatoms. The van der Waals surface area contributed by atoms with E-state index in [0.717, 1.165) is 10.1 Å². The standard InChI is InChI=1S/C15H16N2O3/c1-3-16-10-13(11(2)18)14(19)17(15(16)20)9-12-7-5-4-6-8-12/h4-8,10H,3,9H2,1-2H3. The van der Waals surface area contributed by atoms with E-state index in [1.165, 1.54) is 17.7 Å². The molecule has 0 radical (unpaired) electrons. The van der Waals surface area contributed by atoms with Crippen LogP contribution < -0.4 is 11.2 Å². The fourth-order valence-corrected chi connectivity index (χ4v) is 2.03. The molecule has 0 aliphatic rings. The van der Waals surface area contributed by atoms with Crippen LogP contribution in [-0.2, 0) is 13.1 Å². The van der Waals surface area contributed by atoms with Gasteiger partial charge >= 0.3 is 5.69 Å². The number of aryl methyl sites for hydroxylation is 1. The number of aromatic nitrogens is 2. The summed E-state index contributed by atoms with van der Waals surface area (Å²) in [6, 6.07) is 9.22. The van der Waals surface area contributed by atoms with Crippen molar-refractivity contribution in [1.29, 1.82) is 0 Å². The lowest BCUT2D eigenvalue weighted by Crippen LogP contribution is -2.42. The summed E-state index contributed by atoms with van der Waals surface area (Å²) in [5.74, 6) is -0.334. The lowest BCUT2D eigenvalue weighted by Gasteiger charge is -2.10. The Morgan fingerprint density at radius 3 is 2.35 bits per heavy atom. The Kier molecular flexibility index (Phi) is 3.98. The van der Waals surface area contributed by atoms with E-state index < -0.39 is 11.2 Å². The van der Waals surface area contributed by atoms with Crippen molar-refractivity contribution in [2.45, 2.75) is 26.9 Å². The highest BCUT2D eigenvalue weighted by atomic mass is 16.2. The fourth-order valence-electron chi connectivity index (χ4n) is 2.03. The zero-order valence-corrected chi connectivity index (χ0v) is 11.5. The third-order valence-corrected chi connectivity index (χ3v) is 3.14. The largest absolute Gasteiger partial charge is 0.331 e. The van der Waals surface area contributed by atoms with Crippen molar-refractivity contribution in [2.75, 3.05) is 0 Å². The molecule has 0 N–H and O–H groups in total. The summed E-state index contributed by atoms with van der Waals surface area (Å²) in [5, 5.41) is 0. The smallest absolute Gasteiger partial charge is 0.300 e. The molecule has 0 bridgehead atoms. The first-order valence-electron chi connectivity index (χ1n) is 6.43. The maximum Gasteiger partial charge on any atom is 0.331 e. The van der Waals surface area contributed by atoms with Crippen LogP contribution in [0.3, 0.4) is 0 Å². The molecule has 0 unspecified atom stereocenters. The van der Waals surface area contributed by atoms with Gasteiger partial charge in [0.2, 0.25) is 0 Å². The summed E-state index contributed by atoms with van der Waals surface area (Å²) < 4.78 is 2.48. The van der Waals surface area contributed by atoms with Gasteiger partial charge in [0, 0.05) is 12.7 Å². The van der Waals surface area contributed by atoms with Crippen LogP contribution in [0.15, 0.2) is 46.1 Å². The Bertz CT molecular complexity index is 742. The van der Waals surface area contributed by atoms with Crippen LogP contribution in [0.4, 0.5) is 0 Å². The molecular weight excluding hydrogens is 256 g/mol. The summed E-state index contributed by atoms with van der Waals surface area (Å²) in [6.07, 6.45) is 1.34. The number of benzene rings is 1. The predicted octanol–water partition coefficient (Wildman–Crippen LogP) is 1.28. The molecule has 5 nitrogen and oxygen atoms in total. The number of nitrogens with zero attached hydrogens (tertiary/aromatic N) is 2. The molecule has 0 amide bonds. The molecule has 0 saturated heterocycles. The monoisotopic (exact) mass is 272 g/mol. The zero-order chi connectivity index (χ0) is 14.7. The van der Waals surface area contributed by atoms with Crippen LogP contribution in [0.2, 0.25) is 0 Å². The fraction of sp³-hybridized carbons (Fsp3) is 0.267. The minimum absolute atomic E-state index is 0.0439. The van der Waals surface area contributed by atoms with Crippen LogP contribution in [-0.4, -0.2) is 14.9 Å². The SMILES string of the molecule is CCn1cc(C(C)=O)c(=O)n(Cc2ccccc2)c1=O. The zero-order valence-electron chi connectivity index (χ0n) is 11.5. The number of carbonyl (C=O) groups excluding carboxylic acids is 1. The van der Waals surface area contributed by atoms with E-state index in [0.29, 0.717) is 6.54 Å². The average Bonchev–Trinajstić information content (AvgIpc) is 2.44. The van der Waals surface area contributed by atoms with E-state index in [9.17, 15) is 14.4 Å². The molecule has 0 fully saturated rings. The van der Waals surface area contributed by atoms with E-state index in [4.69, 9.17) is 0 Å². The molecule has 2 rings (SSSR count). The molecule has 104 valence electrons. The van der Waals surface area contributed by atoms with Crippen molar-refractivity contribution in [3.63, 3.8) is 0 Å². The first-order valence-corrected chi connectivity index (χ1v) is 6.43. The van der Waals surface area contributed by atoms with E-state index in [2.05, 4.69) is 0 Å². The molecule has 0 spiro atoms. The number of ketones is 1. The van der Waals surface area contributed by atoms with Crippen molar-refractivity contribution < 1.29 is 4.79 Å². The minimum atomic E-state index is -0.531. The first kappa shape index (κ1) is 14.0. The van der Waals surface area contributed by atoms with Gasteiger partial charge in [-0.2, -0.15) is 0 Å². The van der Waals surface area contributed by atoms with Gasteiger partial charge in [0.25, 0.3) is 5.56 Å². The Labute approximate surface area is 116 Å². The highest BCUT2D eigenvalue weighted by Gasteiger charge is 2.14. The average molecular weight is 272 g/mol. The van der Waals surface area contributed by atoms with Crippen LogP contribution >= 0.6 is 0 Å². The molecule has 0 aliphatic carbocycles. The van der Waals surface area contributed by atoms with Crippen molar-refractivity contribution in [2.24, 2.45) is 0 Å². The second-order valence-corrected chi connectivity index (χ2v) is 4.54. The number of Topliss-reactive ketones (excluding diaryl/α,β-unsaturated/α-hetero) is 1. The highest BCUT2D eigenvalue weighted by molar-refractivity contribution is 5.93. The van der Waals surface area contributed by atoms with Crippen molar-refractivity contribution in [1.82, 2.24) is 9.13 Å². The number of hydrogen-bond donors (Lipinski definition) is 0. The quantitative estimate of drug-likeness (QED) is 0.788. The molecule has 0 saturated carbocycles. The van der Waals surface area contributed by atoms with Gasteiger partial charge in [-0.15, -0.1) is 0 Å². The van der Waals surface area contributed by atoms with Gasteiger partial charge < -0.3 is 0 Å². The van der Waals surface area contributed by atoms with Gasteiger partial charge in [0.15, 0.2) is 5.78 Å². The third-order valence-electron chi connectivity index (χ3n) is 3.14. The maximum atomic E-state index is 12.2. The van der Waals surface area contributed by atoms with Crippen molar-refractivity contribution in [3.8, 4) is 0 Å². The van der Waals surface area contributed by atoms with Crippen LogP contribution in [0, 0.1) is 0 Å². The van der Waals surface area contributed by atoms with E-state index in [-0.39, 0.29) is 17.9 Å². The second kappa shape index (κ2) is 5.69. The van der Waals surface area contributed by atoms with Gasteiger partial charge in [-0.3, -0.25) is 18.7 Å². The summed E-state index contributed by atoms with van der Waals surface area (Å²) in [7, 11) is 0. The summed E-state index contributed by atoms with van der Waals surface area (Å²) in [4.78, 5) is 36.0. The topological polar surface area (TPSA) is 61.1 Å². The Balaban J connectivity index is 2.62. The molecule has 2 aromatic rings. The van der Waals surface area contributed by atoms with Gasteiger partial charge in [0.05, 0.1) is 12.1 Å². The summed E-state index contributed by atoms with van der Waals surface area (Å²) >= 11 is 0. The predicted molar refractivity (Wildman–Crippen MR) is 76.2 cm³/mol. The van der Waals surface area contributed by atoms with Gasteiger partial charge in [-0.1, -0.05) is 30.3 Å². The molecule has 1 heterocycles. The van der Waals surface area contributed by atoms with Gasteiger partial charge in [-0.05, 0) is 19.4 Å². The first-order chi connectivity index (χ1) is 9.54. The van der Waals surface area contributed by atoms with Crippen molar-refractivity contribution >= 4 is 5.78 Å². The van der Waals surface area contributed by atoms with Gasteiger partial charge in [-0.25, -0.2) is 4.79 Å². The number of rotatable bonds is 4. The normalized spacial score (nSPS) is 10.5. The Morgan fingerprint density at radius 2 is 1.80 bits per heavy atom. The van der Waals surface area contributed by atoms with Crippen molar-refractivity contribution in [3.05, 3.63) is 68.5 Å². The lowest BCUT2D eigenvalue weighted by molar-refractivity contribution is 0.101. The maximum absolute atomic E-state index is 12.2. The van der Waals surface area contributed by atoms with Crippen LogP contribution in [0.5, 0.6) is 0 Å². The molecule has 1 aromatic carbocycles. The molecule has 0 aliphatic heterocycles. The third kappa shape index (κ3) is 2.61. The van der Waals surface area contributed by atoms with Crippen LogP contribution in [0.25, 0.3) is 0 Å². The minimum Gasteiger partial charge on any atom is -0.300 e. The van der Waals surface area contributed by atoms with E-state index in [1.54, 1.807) is 6.92 Å². The number of hydrogen-bond acceptors (Lipinski definition) is 3. The van der Waals surface area contributed by atoms with E-state index in [1.807, 2.05) is 30.3 Å². The number of carbonyl (C=O) groups is 1. The molecule has 0 atom stereocenters. The van der Waals surface area contributed by atoms with Gasteiger partial charge in [0.1, 0.15) is 0 Å². The summed E-state index contributed by atoms with van der Waals surface area (Å²) in [5.41, 5.74) is -0.0418. The second-order valence-electron chi connectivity index (χ2n) is 4.54. The molecular formula is C15H16N2O3. The molecule has 1 aromatic heterocycles. The lowest BCUT2D eigenvalue weighted by atomic mass is 10.2. The van der Waals surface area contributed by atoms with Crippen LogP contribution in [0.1, 0.15) is 29.8 Å². The summed E-state index contributed by atoms with van der Waals surface area (Å²) in [6.45, 7) is 3.70.